The molecule has 0 N–H and O–H groups in total. The number of anilines is 2. The van der Waals surface area contributed by atoms with Crippen LogP contribution in [0.5, 0.6) is 11.5 Å². The molecule has 350 valence electrons. The lowest BCUT2D eigenvalue weighted by atomic mass is 9.79. The highest BCUT2D eigenvalue weighted by atomic mass is 16.5. The molecule has 0 saturated heterocycles. The third-order valence-corrected chi connectivity index (χ3v) is 14.1. The van der Waals surface area contributed by atoms with E-state index in [2.05, 4.69) is 126 Å². The Kier molecular flexibility index (Phi) is 8.08. The van der Waals surface area contributed by atoms with E-state index in [4.69, 9.17) is 27.0 Å². The van der Waals surface area contributed by atoms with Crippen LogP contribution < -0.4 is 9.64 Å². The Hall–Kier alpha value is -7.96. The Morgan fingerprint density at radius 2 is 1.06 bits per heavy atom. The van der Waals surface area contributed by atoms with E-state index in [9.17, 15) is 0 Å². The predicted octanol–water partition coefficient (Wildman–Crippen LogP) is 17.6. The van der Waals surface area contributed by atoms with Crippen molar-refractivity contribution in [2.45, 2.75) is 85.0 Å². The van der Waals surface area contributed by atoms with Crippen molar-refractivity contribution in [2.24, 2.45) is 0 Å². The van der Waals surface area contributed by atoms with Crippen LogP contribution in [0.3, 0.4) is 0 Å². The number of fused-ring (bicyclic) bond motifs is 10. The molecule has 0 aliphatic carbocycles. The van der Waals surface area contributed by atoms with Crippen molar-refractivity contribution < 1.29 is 17.1 Å². The summed E-state index contributed by atoms with van der Waals surface area (Å²) in [6.07, 6.45) is 3.58. The molecule has 5 heterocycles. The van der Waals surface area contributed by atoms with Gasteiger partial charge in [-0.1, -0.05) is 153 Å². The molecule has 1 aliphatic rings. The van der Waals surface area contributed by atoms with E-state index >= 15 is 0 Å². The molecule has 71 heavy (non-hydrogen) atoms. The number of para-hydroxylation sites is 2. The molecule has 6 heteroatoms. The number of aromatic nitrogens is 4. The number of pyridine rings is 2. The molecule has 0 radical (unpaired) electrons. The van der Waals surface area contributed by atoms with Gasteiger partial charge in [0.1, 0.15) is 24.0 Å². The van der Waals surface area contributed by atoms with Gasteiger partial charge in [0.15, 0.2) is 0 Å². The molecule has 12 rings (SSSR count). The summed E-state index contributed by atoms with van der Waals surface area (Å²) in [5, 5.41) is 7.85. The van der Waals surface area contributed by atoms with Crippen LogP contribution in [0.25, 0.3) is 82.2 Å². The fraction of sp³-hybridized carbons (Fsp3) is 0.200. The fourth-order valence-electron chi connectivity index (χ4n) is 10.5. The summed E-state index contributed by atoms with van der Waals surface area (Å²) < 4.78 is 90.3. The van der Waals surface area contributed by atoms with Gasteiger partial charge < -0.3 is 14.2 Å². The lowest BCUT2D eigenvalue weighted by Crippen LogP contribution is -2.17. The van der Waals surface area contributed by atoms with E-state index in [0.29, 0.717) is 33.8 Å². The molecule has 1 aliphatic heterocycles. The van der Waals surface area contributed by atoms with E-state index in [-0.39, 0.29) is 17.6 Å². The Labute approximate surface area is 428 Å². The summed E-state index contributed by atoms with van der Waals surface area (Å²) in [4.78, 5) is 12.3. The lowest BCUT2D eigenvalue weighted by molar-refractivity contribution is 0.483. The normalized spacial score (nSPS) is 15.5. The average Bonchev–Trinajstić information content (AvgIpc) is 3.97. The fourth-order valence-corrected chi connectivity index (χ4v) is 10.5. The van der Waals surface area contributed by atoms with Gasteiger partial charge in [0.2, 0.25) is 0 Å². The molecular formula is C65H59N5O. The topological polar surface area (TPSA) is 48.1 Å². The van der Waals surface area contributed by atoms with E-state index < -0.39 is 31.4 Å². The van der Waals surface area contributed by atoms with Crippen LogP contribution in [0.1, 0.15) is 91.1 Å². The molecule has 7 aromatic carbocycles. The van der Waals surface area contributed by atoms with Crippen molar-refractivity contribution in [1.29, 1.82) is 0 Å². The van der Waals surface area contributed by atoms with Gasteiger partial charge in [0, 0.05) is 69.7 Å². The zero-order valence-electron chi connectivity index (χ0n) is 49.7. The van der Waals surface area contributed by atoms with Crippen molar-refractivity contribution in [3.05, 3.63) is 199 Å². The summed E-state index contributed by atoms with van der Waals surface area (Å²) in [5.74, 6) is 2.08. The SMILES string of the molecule is [2H]C([2H])([2H])C(c1cc(-c2nccc3c4ccccc4c4ccccc4c4cccc5c4n(c23)CN5c2cccc(Oc3ccc4c5ccccc5n(-c5cc(C(C)(C)C)ccn5)c4c3)c2)cc(C(C)(C)C)c1)(C([2H])([2H])[2H])C([2H])([2H])[2H]. The largest absolute Gasteiger partial charge is 0.457 e. The van der Waals surface area contributed by atoms with E-state index in [1.165, 1.54) is 17.7 Å². The molecule has 11 aromatic rings. The zero-order valence-corrected chi connectivity index (χ0v) is 40.7. The summed E-state index contributed by atoms with van der Waals surface area (Å²) in [6.45, 7) is 2.22. The quantitative estimate of drug-likeness (QED) is 0.173. The molecule has 6 nitrogen and oxygen atoms in total. The van der Waals surface area contributed by atoms with Gasteiger partial charge in [-0.15, -0.1) is 0 Å². The monoisotopic (exact) mass is 935 g/mol. The van der Waals surface area contributed by atoms with Gasteiger partial charge in [-0.2, -0.15) is 0 Å². The first kappa shape index (κ1) is 35.2. The maximum absolute atomic E-state index is 8.78. The molecular weight excluding hydrogens is 867 g/mol. The number of ether oxygens (including phenoxy) is 1. The molecule has 4 aromatic heterocycles. The first-order valence-corrected chi connectivity index (χ1v) is 24.2. The van der Waals surface area contributed by atoms with Crippen LogP contribution >= 0.6 is 0 Å². The van der Waals surface area contributed by atoms with Gasteiger partial charge in [-0.05, 0) is 121 Å². The minimum absolute atomic E-state index is 0.0806. The van der Waals surface area contributed by atoms with E-state index in [1.54, 1.807) is 6.20 Å². The van der Waals surface area contributed by atoms with Gasteiger partial charge in [-0.25, -0.2) is 4.98 Å². The van der Waals surface area contributed by atoms with Crippen molar-refractivity contribution in [2.75, 3.05) is 4.90 Å². The Morgan fingerprint density at radius 3 is 1.76 bits per heavy atom. The third-order valence-electron chi connectivity index (χ3n) is 14.1. The highest BCUT2D eigenvalue weighted by Gasteiger charge is 2.28. The van der Waals surface area contributed by atoms with Crippen molar-refractivity contribution >= 4 is 76.5 Å². The van der Waals surface area contributed by atoms with Crippen molar-refractivity contribution in [3.63, 3.8) is 0 Å². The first-order chi connectivity index (χ1) is 37.8. The molecule has 0 unspecified atom stereocenters. The third kappa shape index (κ3) is 7.56. The number of hydrogen-bond donors (Lipinski definition) is 0. The number of hydrogen-bond acceptors (Lipinski definition) is 4. The molecule has 0 fully saturated rings. The second kappa shape index (κ2) is 16.3. The standard InChI is InChI=1S/C65H59N5O/c1-63(2,3)42-30-32-66-59(37-42)70-56-26-15-14-24-52(56)53-29-28-47(39-58(53)70)71-46-19-16-18-45(38-46)68-40-69-61-54(25-17-27-57(61)68)50-22-12-10-20-48(50)49-21-11-13-23-51(49)55-31-33-67-60(62(55)69)41-34-43(64(4,5)6)36-44(35-41)65(7,8)9/h10-39H,40H2,1-9H3/i4D3,5D3,6D3. The van der Waals surface area contributed by atoms with Gasteiger partial charge in [-0.3, -0.25) is 9.55 Å². The highest BCUT2D eigenvalue weighted by Crippen LogP contribution is 2.46. The molecule has 0 spiro atoms. The van der Waals surface area contributed by atoms with Crippen LogP contribution in [0.15, 0.2) is 182 Å². The minimum Gasteiger partial charge on any atom is -0.457 e. The van der Waals surface area contributed by atoms with Crippen molar-refractivity contribution in [3.8, 4) is 28.6 Å². The van der Waals surface area contributed by atoms with Crippen LogP contribution in [0.2, 0.25) is 0 Å². The van der Waals surface area contributed by atoms with Gasteiger partial charge in [0.05, 0.1) is 33.4 Å². The maximum Gasteiger partial charge on any atom is 0.137 e. The highest BCUT2D eigenvalue weighted by molar-refractivity contribution is 6.22. The maximum atomic E-state index is 8.78. The number of nitrogens with zero attached hydrogens (tertiary/aromatic N) is 5. The molecule has 0 atom stereocenters. The van der Waals surface area contributed by atoms with E-state index in [0.717, 1.165) is 76.8 Å². The van der Waals surface area contributed by atoms with Crippen LogP contribution in [-0.2, 0) is 22.9 Å². The molecule has 0 bridgehead atoms. The Balaban J connectivity index is 1.08. The van der Waals surface area contributed by atoms with Gasteiger partial charge in [0.25, 0.3) is 0 Å². The number of benzene rings is 7. The summed E-state index contributed by atoms with van der Waals surface area (Å²) >= 11 is 0. The summed E-state index contributed by atoms with van der Waals surface area (Å²) in [6, 6.07) is 56.4. The van der Waals surface area contributed by atoms with Crippen LogP contribution in [-0.4, -0.2) is 19.1 Å². The summed E-state index contributed by atoms with van der Waals surface area (Å²) in [7, 11) is 0. The van der Waals surface area contributed by atoms with Crippen molar-refractivity contribution in [1.82, 2.24) is 19.1 Å². The Morgan fingerprint density at radius 1 is 0.465 bits per heavy atom. The summed E-state index contributed by atoms with van der Waals surface area (Å²) in [5.41, 5.74) is 3.45. The second-order valence-electron chi connectivity index (χ2n) is 20.9. The molecule has 0 saturated carbocycles. The second-order valence-corrected chi connectivity index (χ2v) is 20.9. The lowest BCUT2D eigenvalue weighted by Gasteiger charge is -2.26. The van der Waals surface area contributed by atoms with E-state index in [1.807, 2.05) is 93.7 Å². The molecule has 0 amide bonds. The zero-order chi connectivity index (χ0) is 56.5. The first-order valence-electron chi connectivity index (χ1n) is 28.7. The van der Waals surface area contributed by atoms with Gasteiger partial charge >= 0.3 is 0 Å². The smallest absolute Gasteiger partial charge is 0.137 e. The Bertz CT molecular complexity index is 4350. The minimum atomic E-state index is -3.48. The van der Waals surface area contributed by atoms with Crippen LogP contribution in [0.4, 0.5) is 11.4 Å². The average molecular weight is 935 g/mol. The van der Waals surface area contributed by atoms with Crippen LogP contribution in [0, 0.1) is 0 Å². The number of rotatable bonds is 5. The predicted molar refractivity (Wildman–Crippen MR) is 299 cm³/mol.